The van der Waals surface area contributed by atoms with Crippen molar-refractivity contribution in [3.8, 4) is 17.6 Å². The summed E-state index contributed by atoms with van der Waals surface area (Å²) >= 11 is 0. The third kappa shape index (κ3) is 12.9. The third-order valence-electron chi connectivity index (χ3n) is 7.22. The molecule has 0 saturated carbocycles. The molecule has 0 aliphatic carbocycles. The number of amides is 3. The van der Waals surface area contributed by atoms with E-state index in [0.29, 0.717) is 37.2 Å². The molecule has 3 amide bonds. The number of nitrogens with one attached hydrogen (secondary N) is 2. The monoisotopic (exact) mass is 620 g/mol. The molecule has 9 heteroatoms. The minimum Gasteiger partial charge on any atom is -0.508 e. The molecule has 0 aliphatic rings. The second-order valence-electron chi connectivity index (χ2n) is 11.9. The molecule has 0 spiro atoms. The summed E-state index contributed by atoms with van der Waals surface area (Å²) in [5, 5.41) is 26.0. The fourth-order valence-electron chi connectivity index (χ4n) is 5.04. The highest BCUT2D eigenvalue weighted by atomic mass is 16.3. The number of benzene rings is 2. The molecule has 45 heavy (non-hydrogen) atoms. The molecule has 9 nitrogen and oxygen atoms in total. The molecule has 4 N–H and O–H groups in total. The molecule has 0 bridgehead atoms. The number of carbonyl (C=O) groups is 3. The molecule has 2 aromatic carbocycles. The van der Waals surface area contributed by atoms with Crippen molar-refractivity contribution >= 4 is 17.7 Å². The number of aromatic hydroxyl groups is 1. The summed E-state index contributed by atoms with van der Waals surface area (Å²) in [5.41, 5.74) is 4.94. The van der Waals surface area contributed by atoms with E-state index in [-0.39, 0.29) is 42.0 Å². The fourth-order valence-corrected chi connectivity index (χ4v) is 5.04. The first-order valence-electron chi connectivity index (χ1n) is 16.2. The van der Waals surface area contributed by atoms with E-state index in [1.54, 1.807) is 59.3 Å². The van der Waals surface area contributed by atoms with Gasteiger partial charge in [0.15, 0.2) is 0 Å². The predicted octanol–water partition coefficient (Wildman–Crippen LogP) is 4.91. The number of rotatable bonds is 18. The van der Waals surface area contributed by atoms with Crippen LogP contribution in [-0.4, -0.2) is 76.2 Å². The maximum absolute atomic E-state index is 13.8. The van der Waals surface area contributed by atoms with E-state index in [1.807, 2.05) is 27.7 Å². The summed E-state index contributed by atoms with van der Waals surface area (Å²) in [6.07, 6.45) is 2.94. The van der Waals surface area contributed by atoms with Gasteiger partial charge in [0.2, 0.25) is 5.91 Å². The first-order valence-corrected chi connectivity index (χ1v) is 16.2. The van der Waals surface area contributed by atoms with Crippen LogP contribution in [0.15, 0.2) is 42.5 Å². The van der Waals surface area contributed by atoms with Crippen molar-refractivity contribution in [2.45, 2.75) is 92.2 Å². The van der Waals surface area contributed by atoms with E-state index < -0.39 is 18.1 Å². The van der Waals surface area contributed by atoms with Gasteiger partial charge in [-0.2, -0.15) is 0 Å². The topological polar surface area (TPSA) is 122 Å². The van der Waals surface area contributed by atoms with Crippen molar-refractivity contribution in [3.63, 3.8) is 0 Å². The van der Waals surface area contributed by atoms with E-state index in [9.17, 15) is 24.6 Å². The predicted molar refractivity (Wildman–Crippen MR) is 179 cm³/mol. The van der Waals surface area contributed by atoms with Gasteiger partial charge < -0.3 is 20.4 Å². The number of phenolic OH excluding ortho intramolecular Hbond substituents is 1. The summed E-state index contributed by atoms with van der Waals surface area (Å²) in [6, 6.07) is 10.8. The van der Waals surface area contributed by atoms with Crippen molar-refractivity contribution in [1.29, 1.82) is 0 Å². The Balaban J connectivity index is 2.42. The Morgan fingerprint density at radius 1 is 0.911 bits per heavy atom. The summed E-state index contributed by atoms with van der Waals surface area (Å²) in [6.45, 7) is 13.6. The largest absolute Gasteiger partial charge is 0.508 e. The van der Waals surface area contributed by atoms with Gasteiger partial charge in [-0.3, -0.25) is 19.8 Å². The standard InChI is InChI=1S/C36H52N4O5/c1-7-11-19-40(38-34(43)20-26(5)6)25-33(42)32(23-27-13-15-31(41)16-14-27)37-35(44)29-21-28(12-8-2)22-30(24-29)36(45)39(17-9-3)18-10-4/h13-16,21-22,24,26,32-33,41-42H,7,9-11,17-20,23,25H2,1-6H3,(H,37,44)(H,38,43). The van der Waals surface area contributed by atoms with Gasteiger partial charge in [0.05, 0.1) is 12.1 Å². The molecule has 0 fully saturated rings. The summed E-state index contributed by atoms with van der Waals surface area (Å²) < 4.78 is 0. The van der Waals surface area contributed by atoms with Crippen LogP contribution in [0.2, 0.25) is 0 Å². The molecule has 0 aliphatic heterocycles. The number of hydrogen-bond acceptors (Lipinski definition) is 6. The van der Waals surface area contributed by atoms with Crippen LogP contribution in [0.1, 0.15) is 105 Å². The zero-order valence-corrected chi connectivity index (χ0v) is 27.9. The number of aliphatic hydroxyl groups is 1. The van der Waals surface area contributed by atoms with Crippen LogP contribution in [0.25, 0.3) is 0 Å². The Morgan fingerprint density at radius 3 is 2.13 bits per heavy atom. The first-order chi connectivity index (χ1) is 21.5. The van der Waals surface area contributed by atoms with Crippen LogP contribution >= 0.6 is 0 Å². The molecular formula is C36H52N4O5. The van der Waals surface area contributed by atoms with Gasteiger partial charge in [0.25, 0.3) is 11.8 Å². The second-order valence-corrected chi connectivity index (χ2v) is 11.9. The van der Waals surface area contributed by atoms with Gasteiger partial charge in [0.1, 0.15) is 5.75 Å². The lowest BCUT2D eigenvalue weighted by Crippen LogP contribution is -2.53. The Labute approximate surface area is 269 Å². The number of hydrogen-bond donors (Lipinski definition) is 4. The Morgan fingerprint density at radius 2 is 1.56 bits per heavy atom. The van der Waals surface area contributed by atoms with Gasteiger partial charge >= 0.3 is 0 Å². The minimum atomic E-state index is -1.05. The molecule has 0 heterocycles. The summed E-state index contributed by atoms with van der Waals surface area (Å²) in [7, 11) is 0. The number of unbranched alkanes of at least 4 members (excludes halogenated alkanes) is 1. The zero-order valence-electron chi connectivity index (χ0n) is 27.9. The van der Waals surface area contributed by atoms with Gasteiger partial charge in [-0.1, -0.05) is 59.1 Å². The molecular weight excluding hydrogens is 568 g/mol. The van der Waals surface area contributed by atoms with Crippen molar-refractivity contribution in [2.75, 3.05) is 26.2 Å². The quantitative estimate of drug-likeness (QED) is 0.139. The van der Waals surface area contributed by atoms with E-state index in [4.69, 9.17) is 0 Å². The average Bonchev–Trinajstić information content (AvgIpc) is 2.99. The Hall–Kier alpha value is -3.87. The number of hydrazine groups is 1. The first kappa shape index (κ1) is 37.3. The van der Waals surface area contributed by atoms with E-state index in [2.05, 4.69) is 29.5 Å². The van der Waals surface area contributed by atoms with Crippen LogP contribution in [0.5, 0.6) is 5.75 Å². The van der Waals surface area contributed by atoms with Crippen molar-refractivity contribution in [3.05, 3.63) is 64.7 Å². The molecule has 2 unspecified atom stereocenters. The lowest BCUT2D eigenvalue weighted by Gasteiger charge is -2.30. The van der Waals surface area contributed by atoms with Crippen molar-refractivity contribution in [2.24, 2.45) is 5.92 Å². The minimum absolute atomic E-state index is 0.0982. The normalized spacial score (nSPS) is 12.3. The highest BCUT2D eigenvalue weighted by Gasteiger charge is 2.26. The number of aliphatic hydroxyl groups excluding tert-OH is 1. The lowest BCUT2D eigenvalue weighted by atomic mass is 9.99. The molecule has 0 aromatic heterocycles. The average molecular weight is 621 g/mol. The molecule has 0 radical (unpaired) electrons. The van der Waals surface area contributed by atoms with Crippen LogP contribution in [-0.2, 0) is 11.2 Å². The van der Waals surface area contributed by atoms with Crippen LogP contribution in [0, 0.1) is 17.8 Å². The Kier molecular flexibility index (Phi) is 16.2. The molecule has 2 rings (SSSR count). The van der Waals surface area contributed by atoms with Gasteiger partial charge in [0, 0.05) is 49.3 Å². The van der Waals surface area contributed by atoms with Crippen LogP contribution in [0.4, 0.5) is 0 Å². The summed E-state index contributed by atoms with van der Waals surface area (Å²) in [4.78, 5) is 41.6. The number of carbonyl (C=O) groups excluding carboxylic acids is 3. The van der Waals surface area contributed by atoms with E-state index >= 15 is 0 Å². The summed E-state index contributed by atoms with van der Waals surface area (Å²) in [5.74, 6) is 5.40. The smallest absolute Gasteiger partial charge is 0.253 e. The maximum Gasteiger partial charge on any atom is 0.253 e. The van der Waals surface area contributed by atoms with Gasteiger partial charge in [-0.05, 0) is 74.4 Å². The molecule has 246 valence electrons. The fraction of sp³-hybridized carbons (Fsp3) is 0.528. The molecule has 2 aromatic rings. The molecule has 0 saturated heterocycles. The van der Waals surface area contributed by atoms with Gasteiger partial charge in [-0.25, -0.2) is 5.01 Å². The van der Waals surface area contributed by atoms with Gasteiger partial charge in [-0.15, -0.1) is 5.92 Å². The second kappa shape index (κ2) is 19.5. The van der Waals surface area contributed by atoms with Crippen LogP contribution < -0.4 is 10.7 Å². The number of nitrogens with zero attached hydrogens (tertiary/aromatic N) is 2. The zero-order chi connectivity index (χ0) is 33.4. The lowest BCUT2D eigenvalue weighted by molar-refractivity contribution is -0.127. The number of phenols is 1. The van der Waals surface area contributed by atoms with Crippen LogP contribution in [0.3, 0.4) is 0 Å². The maximum atomic E-state index is 13.8. The van der Waals surface area contributed by atoms with Crippen molar-refractivity contribution in [1.82, 2.24) is 20.7 Å². The Bertz CT molecular complexity index is 1290. The van der Waals surface area contributed by atoms with E-state index in [1.165, 1.54) is 0 Å². The molecule has 2 atom stereocenters. The highest BCUT2D eigenvalue weighted by Crippen LogP contribution is 2.17. The third-order valence-corrected chi connectivity index (χ3v) is 7.22. The van der Waals surface area contributed by atoms with E-state index in [0.717, 1.165) is 31.2 Å². The SMILES string of the molecule is CC#Cc1cc(C(=O)NC(Cc2ccc(O)cc2)C(O)CN(CCCC)NC(=O)CC(C)C)cc(C(=O)N(CCC)CCC)c1. The highest BCUT2D eigenvalue weighted by molar-refractivity contribution is 6.00. The van der Waals surface area contributed by atoms with Crippen molar-refractivity contribution < 1.29 is 24.6 Å².